The van der Waals surface area contributed by atoms with Crippen LogP contribution in [0.15, 0.2) is 48.5 Å². The number of aromatic carboxylic acids is 1. The minimum Gasteiger partial charge on any atom is -0.478 e. The van der Waals surface area contributed by atoms with E-state index < -0.39 is 11.9 Å². The van der Waals surface area contributed by atoms with Crippen molar-refractivity contribution in [2.75, 3.05) is 5.32 Å². The standard InChI is InChI=1S/C16H12ClNO4/c17-12-5-1-10(2-6-12)14(19)9-15(20)18-13-7-3-11(4-8-13)16(21)22/h1-8H,9H2,(H,18,20)(H,21,22). The molecular weight excluding hydrogens is 306 g/mol. The number of hydrogen-bond acceptors (Lipinski definition) is 3. The Labute approximate surface area is 131 Å². The molecule has 6 heteroatoms. The van der Waals surface area contributed by atoms with Gasteiger partial charge >= 0.3 is 5.97 Å². The molecule has 22 heavy (non-hydrogen) atoms. The minimum atomic E-state index is -1.05. The second-order valence-corrected chi connectivity index (χ2v) is 4.97. The summed E-state index contributed by atoms with van der Waals surface area (Å²) < 4.78 is 0. The van der Waals surface area contributed by atoms with Crippen molar-refractivity contribution in [3.8, 4) is 0 Å². The van der Waals surface area contributed by atoms with Crippen molar-refractivity contribution in [3.05, 3.63) is 64.7 Å². The fraction of sp³-hybridized carbons (Fsp3) is 0.0625. The summed E-state index contributed by atoms with van der Waals surface area (Å²) in [7, 11) is 0. The lowest BCUT2D eigenvalue weighted by Crippen LogP contribution is -2.16. The van der Waals surface area contributed by atoms with Crippen LogP contribution in [-0.2, 0) is 4.79 Å². The molecule has 2 aromatic rings. The van der Waals surface area contributed by atoms with Crippen molar-refractivity contribution in [1.82, 2.24) is 0 Å². The third kappa shape index (κ3) is 4.17. The number of rotatable bonds is 5. The quantitative estimate of drug-likeness (QED) is 0.655. The number of halogens is 1. The Balaban J connectivity index is 1.96. The number of ketones is 1. The first-order valence-electron chi connectivity index (χ1n) is 6.37. The van der Waals surface area contributed by atoms with Crippen molar-refractivity contribution >= 4 is 34.9 Å². The summed E-state index contributed by atoms with van der Waals surface area (Å²) in [4.78, 5) is 34.4. The number of carboxylic acid groups (broad SMARTS) is 1. The van der Waals surface area contributed by atoms with Gasteiger partial charge in [0.15, 0.2) is 5.78 Å². The first-order chi connectivity index (χ1) is 10.5. The molecule has 2 aromatic carbocycles. The summed E-state index contributed by atoms with van der Waals surface area (Å²) in [6.45, 7) is 0. The monoisotopic (exact) mass is 317 g/mol. The van der Waals surface area contributed by atoms with Crippen LogP contribution in [-0.4, -0.2) is 22.8 Å². The van der Waals surface area contributed by atoms with Gasteiger partial charge in [0.1, 0.15) is 0 Å². The van der Waals surface area contributed by atoms with Crippen molar-refractivity contribution in [2.24, 2.45) is 0 Å². The van der Waals surface area contributed by atoms with Crippen molar-refractivity contribution < 1.29 is 19.5 Å². The van der Waals surface area contributed by atoms with Gasteiger partial charge in [-0.05, 0) is 48.5 Å². The van der Waals surface area contributed by atoms with E-state index >= 15 is 0 Å². The lowest BCUT2D eigenvalue weighted by molar-refractivity contribution is -0.115. The third-order valence-corrected chi connectivity index (χ3v) is 3.15. The molecule has 0 aliphatic carbocycles. The summed E-state index contributed by atoms with van der Waals surface area (Å²) in [5.41, 5.74) is 0.954. The molecule has 112 valence electrons. The summed E-state index contributed by atoms with van der Waals surface area (Å²) in [6.07, 6.45) is -0.303. The van der Waals surface area contributed by atoms with E-state index in [-0.39, 0.29) is 17.8 Å². The SMILES string of the molecule is O=C(CC(=O)c1ccc(Cl)cc1)Nc1ccc(C(=O)O)cc1. The van der Waals surface area contributed by atoms with E-state index in [1.54, 1.807) is 24.3 Å². The maximum atomic E-state index is 11.9. The number of hydrogen-bond donors (Lipinski definition) is 2. The number of carboxylic acids is 1. The lowest BCUT2D eigenvalue weighted by atomic mass is 10.1. The number of anilines is 1. The van der Waals surface area contributed by atoms with E-state index in [0.717, 1.165) is 0 Å². The van der Waals surface area contributed by atoms with Gasteiger partial charge in [-0.15, -0.1) is 0 Å². The number of carbonyl (C=O) groups excluding carboxylic acids is 2. The van der Waals surface area contributed by atoms with Gasteiger partial charge in [-0.1, -0.05) is 11.6 Å². The molecule has 0 bridgehead atoms. The molecule has 0 aromatic heterocycles. The van der Waals surface area contributed by atoms with E-state index in [4.69, 9.17) is 16.7 Å². The largest absolute Gasteiger partial charge is 0.478 e. The van der Waals surface area contributed by atoms with Crippen LogP contribution in [0.2, 0.25) is 5.02 Å². The number of amides is 1. The molecule has 5 nitrogen and oxygen atoms in total. The van der Waals surface area contributed by atoms with Crippen LogP contribution < -0.4 is 5.32 Å². The molecule has 0 unspecified atom stereocenters. The van der Waals surface area contributed by atoms with Crippen LogP contribution >= 0.6 is 11.6 Å². The molecule has 2 rings (SSSR count). The zero-order chi connectivity index (χ0) is 16.1. The number of carbonyl (C=O) groups is 3. The summed E-state index contributed by atoms with van der Waals surface area (Å²) in [6, 6.07) is 12.0. The van der Waals surface area contributed by atoms with E-state index in [1.807, 2.05) is 0 Å². The first kappa shape index (κ1) is 15.7. The average molecular weight is 318 g/mol. The smallest absolute Gasteiger partial charge is 0.335 e. The van der Waals surface area contributed by atoms with E-state index in [9.17, 15) is 14.4 Å². The highest BCUT2D eigenvalue weighted by Gasteiger charge is 2.12. The molecule has 0 heterocycles. The van der Waals surface area contributed by atoms with Crippen molar-refractivity contribution in [1.29, 1.82) is 0 Å². The van der Waals surface area contributed by atoms with Crippen LogP contribution in [0.25, 0.3) is 0 Å². The van der Waals surface area contributed by atoms with Gasteiger partial charge in [0.2, 0.25) is 5.91 Å². The minimum absolute atomic E-state index is 0.121. The Morgan fingerprint density at radius 1 is 0.909 bits per heavy atom. The molecule has 0 saturated carbocycles. The molecule has 0 atom stereocenters. The Hall–Kier alpha value is -2.66. The van der Waals surface area contributed by atoms with E-state index in [1.165, 1.54) is 24.3 Å². The highest BCUT2D eigenvalue weighted by molar-refractivity contribution is 6.30. The van der Waals surface area contributed by atoms with Gasteiger partial charge in [0.25, 0.3) is 0 Å². The number of nitrogens with one attached hydrogen (secondary N) is 1. The molecule has 2 N–H and O–H groups in total. The Bertz CT molecular complexity index is 708. The molecule has 0 aliphatic heterocycles. The highest BCUT2D eigenvalue weighted by Crippen LogP contribution is 2.13. The fourth-order valence-electron chi connectivity index (χ4n) is 1.78. The van der Waals surface area contributed by atoms with Gasteiger partial charge < -0.3 is 10.4 Å². The molecule has 1 amide bonds. The predicted octanol–water partition coefficient (Wildman–Crippen LogP) is 3.25. The van der Waals surface area contributed by atoms with Gasteiger partial charge in [0.05, 0.1) is 12.0 Å². The molecule has 0 spiro atoms. The summed E-state index contributed by atoms with van der Waals surface area (Å²) in [5.74, 6) is -1.84. The number of Topliss-reactive ketones (excluding diaryl/α,β-unsaturated/α-hetero) is 1. The van der Waals surface area contributed by atoms with E-state index in [2.05, 4.69) is 5.32 Å². The summed E-state index contributed by atoms with van der Waals surface area (Å²) >= 11 is 5.73. The van der Waals surface area contributed by atoms with Crippen LogP contribution in [0.1, 0.15) is 27.1 Å². The Kier molecular flexibility index (Phi) is 4.91. The van der Waals surface area contributed by atoms with Crippen molar-refractivity contribution in [2.45, 2.75) is 6.42 Å². The maximum Gasteiger partial charge on any atom is 0.335 e. The molecule has 0 radical (unpaired) electrons. The second-order valence-electron chi connectivity index (χ2n) is 4.54. The number of benzene rings is 2. The van der Waals surface area contributed by atoms with Gasteiger partial charge in [-0.3, -0.25) is 9.59 Å². The van der Waals surface area contributed by atoms with Crippen LogP contribution in [0, 0.1) is 0 Å². The van der Waals surface area contributed by atoms with Gasteiger partial charge in [-0.2, -0.15) is 0 Å². The third-order valence-electron chi connectivity index (χ3n) is 2.90. The second kappa shape index (κ2) is 6.87. The fourth-order valence-corrected chi connectivity index (χ4v) is 1.91. The molecule has 0 aliphatic rings. The van der Waals surface area contributed by atoms with Crippen LogP contribution in [0.3, 0.4) is 0 Å². The molecule has 0 fully saturated rings. The zero-order valence-corrected chi connectivity index (χ0v) is 12.1. The molecule has 0 saturated heterocycles. The summed E-state index contributed by atoms with van der Waals surface area (Å²) in [5, 5.41) is 11.8. The lowest BCUT2D eigenvalue weighted by Gasteiger charge is -2.05. The first-order valence-corrected chi connectivity index (χ1v) is 6.75. The van der Waals surface area contributed by atoms with Gasteiger partial charge in [-0.25, -0.2) is 4.79 Å². The maximum absolute atomic E-state index is 11.9. The zero-order valence-electron chi connectivity index (χ0n) is 11.4. The van der Waals surface area contributed by atoms with Crippen LogP contribution in [0.4, 0.5) is 5.69 Å². The predicted molar refractivity (Wildman–Crippen MR) is 82.4 cm³/mol. The normalized spacial score (nSPS) is 10.0. The Morgan fingerprint density at radius 2 is 1.45 bits per heavy atom. The van der Waals surface area contributed by atoms with Crippen LogP contribution in [0.5, 0.6) is 0 Å². The van der Waals surface area contributed by atoms with E-state index in [0.29, 0.717) is 16.3 Å². The van der Waals surface area contributed by atoms with Crippen molar-refractivity contribution in [3.63, 3.8) is 0 Å². The molecular formula is C16H12ClNO4. The van der Waals surface area contributed by atoms with Gasteiger partial charge in [0, 0.05) is 16.3 Å². The Morgan fingerprint density at radius 3 is 2.00 bits per heavy atom. The topological polar surface area (TPSA) is 83.5 Å². The average Bonchev–Trinajstić information content (AvgIpc) is 2.48. The highest BCUT2D eigenvalue weighted by atomic mass is 35.5.